The van der Waals surface area contributed by atoms with Gasteiger partial charge in [0.1, 0.15) is 5.82 Å². The summed E-state index contributed by atoms with van der Waals surface area (Å²) >= 11 is 0. The smallest absolute Gasteiger partial charge is 0.163 e. The van der Waals surface area contributed by atoms with E-state index in [4.69, 9.17) is 5.26 Å². The number of pyridine rings is 1. The van der Waals surface area contributed by atoms with Gasteiger partial charge in [-0.15, -0.1) is 0 Å². The minimum atomic E-state index is 0.633. The van der Waals surface area contributed by atoms with Crippen molar-refractivity contribution < 1.29 is 0 Å². The first-order valence-corrected chi connectivity index (χ1v) is 8.19. The second-order valence-corrected chi connectivity index (χ2v) is 5.81. The number of nitrogens with one attached hydrogen (secondary N) is 1. The molecule has 0 aliphatic heterocycles. The average Bonchev–Trinajstić information content (AvgIpc) is 2.73. The normalized spacial score (nSPS) is 10.5. The maximum Gasteiger partial charge on any atom is 0.163 e. The summed E-state index contributed by atoms with van der Waals surface area (Å²) in [5.41, 5.74) is 4.37. The molecular formula is C21H15N5. The summed E-state index contributed by atoms with van der Waals surface area (Å²) in [5.74, 6) is 1.39. The molecule has 0 amide bonds. The van der Waals surface area contributed by atoms with Crippen LogP contribution in [-0.2, 0) is 0 Å². The molecular weight excluding hydrogens is 322 g/mol. The molecule has 0 aliphatic carbocycles. The van der Waals surface area contributed by atoms with E-state index in [0.29, 0.717) is 11.4 Å². The van der Waals surface area contributed by atoms with Gasteiger partial charge in [0.05, 0.1) is 17.1 Å². The second-order valence-electron chi connectivity index (χ2n) is 5.81. The summed E-state index contributed by atoms with van der Waals surface area (Å²) in [7, 11) is 1.85. The van der Waals surface area contributed by atoms with Gasteiger partial charge in [0.15, 0.2) is 5.82 Å². The summed E-state index contributed by atoms with van der Waals surface area (Å²) in [5, 5.41) is 13.2. The predicted octanol–water partition coefficient (Wildman–Crippen LogP) is 4.27. The number of rotatable bonds is 3. The summed E-state index contributed by atoms with van der Waals surface area (Å²) < 4.78 is 0. The third kappa shape index (κ3) is 2.85. The Balaban J connectivity index is 1.87. The topological polar surface area (TPSA) is 74.5 Å². The van der Waals surface area contributed by atoms with Crippen molar-refractivity contribution in [3.05, 3.63) is 72.6 Å². The van der Waals surface area contributed by atoms with Crippen LogP contribution in [0.4, 0.5) is 5.82 Å². The molecule has 2 heterocycles. The van der Waals surface area contributed by atoms with E-state index in [1.165, 1.54) is 0 Å². The molecule has 2 aromatic carbocycles. The van der Waals surface area contributed by atoms with E-state index in [-0.39, 0.29) is 0 Å². The molecule has 0 bridgehead atoms. The summed E-state index contributed by atoms with van der Waals surface area (Å²) in [6, 6.07) is 19.6. The number of nitrogens with zero attached hydrogens (tertiary/aromatic N) is 4. The molecule has 0 fully saturated rings. The van der Waals surface area contributed by atoms with E-state index < -0.39 is 0 Å². The first-order chi connectivity index (χ1) is 12.8. The van der Waals surface area contributed by atoms with Gasteiger partial charge in [-0.1, -0.05) is 18.2 Å². The first kappa shape index (κ1) is 15.7. The van der Waals surface area contributed by atoms with Crippen LogP contribution in [0.5, 0.6) is 0 Å². The Hall–Kier alpha value is -3.78. The number of anilines is 1. The highest BCUT2D eigenvalue weighted by atomic mass is 15.0. The molecule has 2 aromatic heterocycles. The van der Waals surface area contributed by atoms with Crippen LogP contribution >= 0.6 is 0 Å². The largest absolute Gasteiger partial charge is 0.373 e. The van der Waals surface area contributed by atoms with Gasteiger partial charge in [0.2, 0.25) is 0 Å². The van der Waals surface area contributed by atoms with Gasteiger partial charge >= 0.3 is 0 Å². The van der Waals surface area contributed by atoms with E-state index in [2.05, 4.69) is 26.3 Å². The number of benzene rings is 2. The molecule has 0 atom stereocenters. The van der Waals surface area contributed by atoms with Crippen LogP contribution in [0.25, 0.3) is 33.4 Å². The van der Waals surface area contributed by atoms with Crippen LogP contribution in [0, 0.1) is 11.3 Å². The Morgan fingerprint density at radius 2 is 1.77 bits per heavy atom. The lowest BCUT2D eigenvalue weighted by Gasteiger charge is -2.10. The minimum Gasteiger partial charge on any atom is -0.373 e. The van der Waals surface area contributed by atoms with Crippen molar-refractivity contribution in [2.24, 2.45) is 0 Å². The monoisotopic (exact) mass is 337 g/mol. The van der Waals surface area contributed by atoms with Gasteiger partial charge in [-0.25, -0.2) is 9.97 Å². The van der Waals surface area contributed by atoms with Crippen LogP contribution in [0.3, 0.4) is 0 Å². The van der Waals surface area contributed by atoms with Gasteiger partial charge in [-0.05, 0) is 47.5 Å². The maximum absolute atomic E-state index is 9.12. The molecule has 26 heavy (non-hydrogen) atoms. The standard InChI is InChI=1S/C21H15N5/c1-23-21-18-11-16(15-5-2-4-14(10-15)12-22)7-8-19(18)25-20(26-21)17-6-3-9-24-13-17/h2-11,13H,1H3,(H,23,25,26). The van der Waals surface area contributed by atoms with Crippen LogP contribution in [0.1, 0.15) is 5.56 Å². The lowest BCUT2D eigenvalue weighted by Crippen LogP contribution is -1.99. The van der Waals surface area contributed by atoms with Crippen LogP contribution in [0.15, 0.2) is 67.0 Å². The van der Waals surface area contributed by atoms with Crippen LogP contribution < -0.4 is 5.32 Å². The third-order valence-electron chi connectivity index (χ3n) is 4.18. The van der Waals surface area contributed by atoms with Crippen LogP contribution in [0.2, 0.25) is 0 Å². The molecule has 0 aliphatic rings. The molecule has 0 unspecified atom stereocenters. The highest BCUT2D eigenvalue weighted by molar-refractivity contribution is 5.93. The summed E-state index contributed by atoms with van der Waals surface area (Å²) in [6.45, 7) is 0. The zero-order valence-corrected chi connectivity index (χ0v) is 14.1. The van der Waals surface area contributed by atoms with Crippen molar-refractivity contribution >= 4 is 16.7 Å². The fourth-order valence-corrected chi connectivity index (χ4v) is 2.89. The molecule has 124 valence electrons. The number of nitriles is 1. The van der Waals surface area contributed by atoms with Gasteiger partial charge in [0.25, 0.3) is 0 Å². The fourth-order valence-electron chi connectivity index (χ4n) is 2.89. The van der Waals surface area contributed by atoms with E-state index in [9.17, 15) is 0 Å². The molecule has 0 saturated carbocycles. The predicted molar refractivity (Wildman–Crippen MR) is 102 cm³/mol. The van der Waals surface area contributed by atoms with Crippen molar-refractivity contribution in [1.29, 1.82) is 5.26 Å². The Morgan fingerprint density at radius 3 is 2.54 bits per heavy atom. The van der Waals surface area contributed by atoms with Crippen molar-refractivity contribution in [3.63, 3.8) is 0 Å². The van der Waals surface area contributed by atoms with E-state index in [1.807, 2.05) is 55.6 Å². The maximum atomic E-state index is 9.12. The Bertz CT molecular complexity index is 1130. The van der Waals surface area contributed by atoms with Crippen molar-refractivity contribution in [2.45, 2.75) is 0 Å². The van der Waals surface area contributed by atoms with Gasteiger partial charge in [0, 0.05) is 30.4 Å². The van der Waals surface area contributed by atoms with Gasteiger partial charge in [-0.2, -0.15) is 5.26 Å². The average molecular weight is 337 g/mol. The van der Waals surface area contributed by atoms with Crippen molar-refractivity contribution in [2.75, 3.05) is 12.4 Å². The molecule has 0 spiro atoms. The number of hydrogen-bond acceptors (Lipinski definition) is 5. The van der Waals surface area contributed by atoms with Crippen LogP contribution in [-0.4, -0.2) is 22.0 Å². The molecule has 4 aromatic rings. The van der Waals surface area contributed by atoms with Crippen molar-refractivity contribution in [3.8, 4) is 28.6 Å². The van der Waals surface area contributed by atoms with Gasteiger partial charge in [-0.3, -0.25) is 4.98 Å². The SMILES string of the molecule is CNc1nc(-c2cccnc2)nc2ccc(-c3cccc(C#N)c3)cc12. The number of fused-ring (bicyclic) bond motifs is 1. The number of hydrogen-bond donors (Lipinski definition) is 1. The Labute approximate surface area is 151 Å². The minimum absolute atomic E-state index is 0.633. The highest BCUT2D eigenvalue weighted by Crippen LogP contribution is 2.29. The quantitative estimate of drug-likeness (QED) is 0.604. The molecule has 5 nitrogen and oxygen atoms in total. The molecule has 5 heteroatoms. The molecule has 0 saturated heterocycles. The fraction of sp³-hybridized carbons (Fsp3) is 0.0476. The molecule has 1 N–H and O–H groups in total. The second kappa shape index (κ2) is 6.61. The summed E-state index contributed by atoms with van der Waals surface area (Å²) in [6.07, 6.45) is 3.48. The number of aromatic nitrogens is 3. The highest BCUT2D eigenvalue weighted by Gasteiger charge is 2.10. The van der Waals surface area contributed by atoms with Crippen molar-refractivity contribution in [1.82, 2.24) is 15.0 Å². The molecule has 0 radical (unpaired) electrons. The zero-order chi connectivity index (χ0) is 17.9. The van der Waals surface area contributed by atoms with E-state index in [0.717, 1.165) is 33.4 Å². The lowest BCUT2D eigenvalue weighted by atomic mass is 10.0. The zero-order valence-electron chi connectivity index (χ0n) is 14.1. The molecule has 4 rings (SSSR count). The van der Waals surface area contributed by atoms with E-state index in [1.54, 1.807) is 18.5 Å². The van der Waals surface area contributed by atoms with E-state index >= 15 is 0 Å². The third-order valence-corrected chi connectivity index (χ3v) is 4.18. The Kier molecular flexibility index (Phi) is 4.00. The first-order valence-electron chi connectivity index (χ1n) is 8.19. The lowest BCUT2D eigenvalue weighted by molar-refractivity contribution is 1.20. The van der Waals surface area contributed by atoms with Gasteiger partial charge < -0.3 is 5.32 Å². The summed E-state index contributed by atoms with van der Waals surface area (Å²) in [4.78, 5) is 13.5. The Morgan fingerprint density at radius 1 is 0.923 bits per heavy atom.